The Morgan fingerprint density at radius 3 is 2.09 bits per heavy atom. The van der Waals surface area contributed by atoms with Gasteiger partial charge in [0.25, 0.3) is 5.56 Å². The predicted octanol–water partition coefficient (Wildman–Crippen LogP) is 5.23. The number of aromatic nitrogens is 2. The highest BCUT2D eigenvalue weighted by Gasteiger charge is 2.58. The first-order chi connectivity index (χ1) is 14.8. The van der Waals surface area contributed by atoms with Crippen molar-refractivity contribution in [3.63, 3.8) is 0 Å². The van der Waals surface area contributed by atoms with Gasteiger partial charge in [0, 0.05) is 12.3 Å². The molecule has 33 heavy (non-hydrogen) atoms. The van der Waals surface area contributed by atoms with Crippen LogP contribution in [0.1, 0.15) is 61.1 Å². The lowest BCUT2D eigenvalue weighted by atomic mass is 9.94. The number of H-pyrrole nitrogens is 1. The third-order valence-corrected chi connectivity index (χ3v) is 17.2. The van der Waals surface area contributed by atoms with Gasteiger partial charge in [-0.25, -0.2) is 4.79 Å². The van der Waals surface area contributed by atoms with Crippen LogP contribution in [0.3, 0.4) is 0 Å². The van der Waals surface area contributed by atoms with Crippen LogP contribution >= 0.6 is 11.6 Å². The second-order valence-electron chi connectivity index (χ2n) is 12.2. The molecule has 2 rings (SSSR count). The molecule has 10 heteroatoms. The van der Waals surface area contributed by atoms with Crippen molar-refractivity contribution in [2.75, 3.05) is 6.61 Å². The van der Waals surface area contributed by atoms with E-state index in [1.807, 2.05) is 6.92 Å². The standard InChI is InChI=1S/C23H43ClN2O5Si2/c1-12-23(15-29-32(8,9)21(2,3)4)18(31-33(10,11)22(5,6)7)17(24)19(30-23)26-14-13-16(27)25-20(26)28/h13-14,17-19H,12,15H2,1-11H3,(H,25,27,28)/t17-,18-,19+,23+/m0/s1. The van der Waals surface area contributed by atoms with Crippen LogP contribution in [0.2, 0.25) is 36.3 Å². The van der Waals surface area contributed by atoms with E-state index >= 15 is 0 Å². The van der Waals surface area contributed by atoms with E-state index in [9.17, 15) is 9.59 Å². The summed E-state index contributed by atoms with van der Waals surface area (Å²) in [7, 11) is -4.32. The van der Waals surface area contributed by atoms with Gasteiger partial charge in [0.05, 0.1) is 12.7 Å². The van der Waals surface area contributed by atoms with Gasteiger partial charge in [0.1, 0.15) is 11.0 Å². The molecular formula is C23H43ClN2O5Si2. The Hall–Kier alpha value is -0.716. The molecule has 0 saturated carbocycles. The van der Waals surface area contributed by atoms with E-state index in [1.165, 1.54) is 16.8 Å². The Morgan fingerprint density at radius 1 is 1.09 bits per heavy atom. The van der Waals surface area contributed by atoms with E-state index in [4.69, 9.17) is 25.2 Å². The SMILES string of the molecule is CC[C@]1(CO[Si](C)(C)C(C)(C)C)O[C@@H](n2ccc(=O)[nH]c2=O)[C@@H](Cl)[C@@H]1O[Si](C)(C)C(C)(C)C. The van der Waals surface area contributed by atoms with E-state index in [1.54, 1.807) is 0 Å². The van der Waals surface area contributed by atoms with Gasteiger partial charge in [-0.3, -0.25) is 14.3 Å². The summed E-state index contributed by atoms with van der Waals surface area (Å²) in [6, 6.07) is 1.30. The Bertz CT molecular complexity index is 948. The van der Waals surface area contributed by atoms with Crippen molar-refractivity contribution in [3.8, 4) is 0 Å². The summed E-state index contributed by atoms with van der Waals surface area (Å²) in [4.78, 5) is 26.5. The fourth-order valence-corrected chi connectivity index (χ4v) is 6.27. The molecule has 0 amide bonds. The molecule has 1 fully saturated rings. The fraction of sp³-hybridized carbons (Fsp3) is 0.826. The van der Waals surface area contributed by atoms with Crippen LogP contribution < -0.4 is 11.2 Å². The van der Waals surface area contributed by atoms with Crippen LogP contribution in [-0.4, -0.2) is 49.9 Å². The largest absolute Gasteiger partial charge is 0.414 e. The summed E-state index contributed by atoms with van der Waals surface area (Å²) >= 11 is 7.03. The molecular weight excluding hydrogens is 476 g/mol. The summed E-state index contributed by atoms with van der Waals surface area (Å²) in [5, 5.41) is -0.631. The first kappa shape index (κ1) is 28.5. The molecule has 0 spiro atoms. The Balaban J connectivity index is 2.54. The number of halogens is 1. The van der Waals surface area contributed by atoms with Crippen LogP contribution in [0.5, 0.6) is 0 Å². The van der Waals surface area contributed by atoms with Crippen molar-refractivity contribution >= 4 is 28.2 Å². The minimum atomic E-state index is -2.24. The van der Waals surface area contributed by atoms with E-state index in [0.29, 0.717) is 13.0 Å². The lowest BCUT2D eigenvalue weighted by Gasteiger charge is -2.45. The highest BCUT2D eigenvalue weighted by Crippen LogP contribution is 2.48. The van der Waals surface area contributed by atoms with Crippen LogP contribution in [0, 0.1) is 0 Å². The van der Waals surface area contributed by atoms with Gasteiger partial charge in [-0.05, 0) is 42.7 Å². The summed E-state index contributed by atoms with van der Waals surface area (Å²) in [6.45, 7) is 24.3. The monoisotopic (exact) mass is 518 g/mol. The quantitative estimate of drug-likeness (QED) is 0.394. The van der Waals surface area contributed by atoms with E-state index in [0.717, 1.165) is 0 Å². The highest BCUT2D eigenvalue weighted by atomic mass is 35.5. The average molecular weight is 519 g/mol. The minimum Gasteiger partial charge on any atom is -0.414 e. The lowest BCUT2D eigenvalue weighted by Crippen LogP contribution is -2.56. The Labute approximate surface area is 205 Å². The zero-order valence-electron chi connectivity index (χ0n) is 22.2. The Morgan fingerprint density at radius 2 is 1.64 bits per heavy atom. The predicted molar refractivity (Wildman–Crippen MR) is 139 cm³/mol. The Kier molecular flexibility index (Phi) is 8.11. The number of hydrogen-bond acceptors (Lipinski definition) is 5. The fourth-order valence-electron chi connectivity index (χ4n) is 3.34. The van der Waals surface area contributed by atoms with Gasteiger partial charge < -0.3 is 13.6 Å². The van der Waals surface area contributed by atoms with Gasteiger partial charge in [-0.2, -0.15) is 0 Å². The number of hydrogen-bond donors (Lipinski definition) is 1. The maximum absolute atomic E-state index is 12.6. The molecule has 0 radical (unpaired) electrons. The molecule has 2 heterocycles. The number of alkyl halides is 1. The smallest absolute Gasteiger partial charge is 0.330 e. The number of nitrogens with one attached hydrogen (secondary N) is 1. The van der Waals surface area contributed by atoms with E-state index in [2.05, 4.69) is 72.7 Å². The van der Waals surface area contributed by atoms with E-state index < -0.39 is 51.2 Å². The molecule has 0 aromatic carbocycles. The van der Waals surface area contributed by atoms with Crippen molar-refractivity contribution in [1.82, 2.24) is 9.55 Å². The zero-order valence-corrected chi connectivity index (χ0v) is 24.9. The summed E-state index contributed by atoms with van der Waals surface area (Å²) in [6.07, 6.45) is 0.788. The first-order valence-electron chi connectivity index (χ1n) is 11.7. The van der Waals surface area contributed by atoms with Gasteiger partial charge in [0.2, 0.25) is 0 Å². The molecule has 1 aliphatic rings. The van der Waals surface area contributed by atoms with Gasteiger partial charge in [-0.15, -0.1) is 11.6 Å². The molecule has 0 aliphatic carbocycles. The van der Waals surface area contributed by atoms with Crippen LogP contribution in [-0.2, 0) is 13.6 Å². The first-order valence-corrected chi connectivity index (χ1v) is 18.0. The molecule has 4 atom stereocenters. The van der Waals surface area contributed by atoms with Gasteiger partial charge >= 0.3 is 5.69 Å². The molecule has 1 aromatic rings. The van der Waals surface area contributed by atoms with Crippen molar-refractivity contribution in [3.05, 3.63) is 33.1 Å². The van der Waals surface area contributed by atoms with E-state index in [-0.39, 0.29) is 10.1 Å². The van der Waals surface area contributed by atoms with Gasteiger partial charge in [-0.1, -0.05) is 48.5 Å². The minimum absolute atomic E-state index is 0.0315. The molecule has 1 saturated heterocycles. The third-order valence-electron chi connectivity index (χ3n) is 7.87. The third kappa shape index (κ3) is 5.75. The van der Waals surface area contributed by atoms with Crippen molar-refractivity contribution in [2.45, 2.75) is 114 Å². The number of rotatable bonds is 7. The maximum atomic E-state index is 12.6. The summed E-state index contributed by atoms with van der Waals surface area (Å²) < 4.78 is 21.5. The highest BCUT2D eigenvalue weighted by molar-refractivity contribution is 6.74. The van der Waals surface area contributed by atoms with Gasteiger partial charge in [0.15, 0.2) is 22.9 Å². The number of ether oxygens (including phenoxy) is 1. The normalized spacial score (nSPS) is 27.2. The second kappa shape index (κ2) is 9.39. The average Bonchev–Trinajstić information content (AvgIpc) is 2.91. The zero-order chi connectivity index (χ0) is 25.6. The molecule has 0 unspecified atom stereocenters. The molecule has 1 aliphatic heterocycles. The molecule has 0 bridgehead atoms. The molecule has 1 aromatic heterocycles. The van der Waals surface area contributed by atoms with Crippen LogP contribution in [0.25, 0.3) is 0 Å². The molecule has 190 valence electrons. The maximum Gasteiger partial charge on any atom is 0.330 e. The van der Waals surface area contributed by atoms with Crippen LogP contribution in [0.15, 0.2) is 21.9 Å². The number of nitrogens with zero attached hydrogens (tertiary/aromatic N) is 1. The van der Waals surface area contributed by atoms with Crippen molar-refractivity contribution in [1.29, 1.82) is 0 Å². The van der Waals surface area contributed by atoms with Crippen molar-refractivity contribution in [2.24, 2.45) is 0 Å². The van der Waals surface area contributed by atoms with Crippen LogP contribution in [0.4, 0.5) is 0 Å². The molecule has 7 nitrogen and oxygen atoms in total. The number of aromatic amines is 1. The summed E-state index contributed by atoms with van der Waals surface area (Å²) in [5.41, 5.74) is -1.84. The summed E-state index contributed by atoms with van der Waals surface area (Å²) in [5.74, 6) is 0. The van der Waals surface area contributed by atoms with Crippen molar-refractivity contribution < 1.29 is 13.6 Å². The lowest BCUT2D eigenvalue weighted by molar-refractivity contribution is -0.124. The topological polar surface area (TPSA) is 82.5 Å². The second-order valence-corrected chi connectivity index (χ2v) is 22.3. The molecule has 1 N–H and O–H groups in total.